The number of benzene rings is 1. The van der Waals surface area contributed by atoms with E-state index in [1.165, 1.54) is 11.8 Å². The molecule has 2 rings (SSSR count). The molecule has 110 valence electrons. The number of aromatic carboxylic acids is 1. The van der Waals surface area contributed by atoms with E-state index in [2.05, 4.69) is 9.97 Å². The number of aromatic nitrogens is 2. The van der Waals surface area contributed by atoms with E-state index in [1.807, 2.05) is 30.3 Å². The van der Waals surface area contributed by atoms with Crippen LogP contribution >= 0.6 is 11.8 Å². The Hall–Kier alpha value is -1.92. The summed E-state index contributed by atoms with van der Waals surface area (Å²) in [5, 5.41) is 19.8. The van der Waals surface area contributed by atoms with Crippen LogP contribution in [0.2, 0.25) is 0 Å². The smallest absolute Gasteiger partial charge is 0.340 e. The molecule has 1 unspecified atom stereocenters. The Bertz CT molecular complexity index is 647. The average molecular weight is 304 g/mol. The van der Waals surface area contributed by atoms with Crippen LogP contribution in [0.5, 0.6) is 0 Å². The summed E-state index contributed by atoms with van der Waals surface area (Å²) in [5.41, 5.74) is 1.34. The highest BCUT2D eigenvalue weighted by molar-refractivity contribution is 7.99. The van der Waals surface area contributed by atoms with Gasteiger partial charge in [-0.15, -0.1) is 11.8 Å². The summed E-state index contributed by atoms with van der Waals surface area (Å²) < 4.78 is 0. The van der Waals surface area contributed by atoms with E-state index in [0.29, 0.717) is 22.3 Å². The number of hydrogen-bond acceptors (Lipinski definition) is 5. The van der Waals surface area contributed by atoms with Gasteiger partial charge in [-0.1, -0.05) is 30.3 Å². The van der Waals surface area contributed by atoms with Crippen molar-refractivity contribution in [3.05, 3.63) is 53.0 Å². The van der Waals surface area contributed by atoms with Crippen LogP contribution in [0.3, 0.4) is 0 Å². The Balaban J connectivity index is 2.18. The van der Waals surface area contributed by atoms with Gasteiger partial charge in [-0.2, -0.15) is 0 Å². The summed E-state index contributed by atoms with van der Waals surface area (Å²) in [6, 6.07) is 9.25. The molecule has 6 heteroatoms. The van der Waals surface area contributed by atoms with Crippen LogP contribution in [0.4, 0.5) is 0 Å². The van der Waals surface area contributed by atoms with Gasteiger partial charge in [0, 0.05) is 5.75 Å². The Kier molecular flexibility index (Phi) is 4.93. The van der Waals surface area contributed by atoms with Gasteiger partial charge in [0.1, 0.15) is 16.4 Å². The van der Waals surface area contributed by atoms with Crippen molar-refractivity contribution in [2.75, 3.05) is 5.75 Å². The fourth-order valence-electron chi connectivity index (χ4n) is 1.96. The number of aliphatic hydroxyl groups excluding tert-OH is 1. The van der Waals surface area contributed by atoms with E-state index in [-0.39, 0.29) is 5.56 Å². The van der Waals surface area contributed by atoms with E-state index in [9.17, 15) is 15.0 Å². The van der Waals surface area contributed by atoms with E-state index in [4.69, 9.17) is 0 Å². The van der Waals surface area contributed by atoms with Gasteiger partial charge in [-0.05, 0) is 19.4 Å². The highest BCUT2D eigenvalue weighted by Crippen LogP contribution is 2.27. The average Bonchev–Trinajstić information content (AvgIpc) is 2.44. The van der Waals surface area contributed by atoms with Crippen LogP contribution in [-0.2, 0) is 0 Å². The monoisotopic (exact) mass is 304 g/mol. The van der Waals surface area contributed by atoms with Crippen LogP contribution in [-0.4, -0.2) is 31.9 Å². The number of rotatable bonds is 5. The van der Waals surface area contributed by atoms with Crippen LogP contribution in [0.1, 0.15) is 33.5 Å². The van der Waals surface area contributed by atoms with Crippen molar-refractivity contribution >= 4 is 17.7 Å². The number of carboxylic acid groups (broad SMARTS) is 1. The molecule has 1 aromatic heterocycles. The Morgan fingerprint density at radius 3 is 2.52 bits per heavy atom. The van der Waals surface area contributed by atoms with Gasteiger partial charge in [0.2, 0.25) is 0 Å². The fraction of sp³-hybridized carbons (Fsp3) is 0.267. The third-order valence-electron chi connectivity index (χ3n) is 2.94. The van der Waals surface area contributed by atoms with Crippen molar-refractivity contribution in [1.82, 2.24) is 9.97 Å². The summed E-state index contributed by atoms with van der Waals surface area (Å²) in [4.78, 5) is 19.6. The maximum Gasteiger partial charge on any atom is 0.340 e. The molecule has 1 atom stereocenters. The number of aliphatic hydroxyl groups is 1. The zero-order valence-electron chi connectivity index (χ0n) is 11.8. The number of carbonyl (C=O) groups is 1. The molecule has 0 aliphatic rings. The number of nitrogens with zero attached hydrogens (tertiary/aromatic N) is 2. The second kappa shape index (κ2) is 6.69. The van der Waals surface area contributed by atoms with Gasteiger partial charge in [-0.3, -0.25) is 0 Å². The van der Waals surface area contributed by atoms with Crippen molar-refractivity contribution in [2.45, 2.75) is 25.0 Å². The van der Waals surface area contributed by atoms with E-state index < -0.39 is 12.1 Å². The molecule has 2 aromatic rings. The summed E-state index contributed by atoms with van der Waals surface area (Å²) in [7, 11) is 0. The molecule has 0 fully saturated rings. The Morgan fingerprint density at radius 2 is 1.90 bits per heavy atom. The highest BCUT2D eigenvalue weighted by atomic mass is 32.2. The zero-order valence-corrected chi connectivity index (χ0v) is 12.6. The van der Waals surface area contributed by atoms with Crippen LogP contribution in [0.15, 0.2) is 35.4 Å². The molecule has 2 N–H and O–H groups in total. The van der Waals surface area contributed by atoms with Gasteiger partial charge in [0.15, 0.2) is 0 Å². The van der Waals surface area contributed by atoms with Gasteiger partial charge >= 0.3 is 5.97 Å². The predicted molar refractivity (Wildman–Crippen MR) is 80.6 cm³/mol. The molecule has 0 bridgehead atoms. The van der Waals surface area contributed by atoms with Gasteiger partial charge in [-0.25, -0.2) is 14.8 Å². The maximum absolute atomic E-state index is 11.3. The summed E-state index contributed by atoms with van der Waals surface area (Å²) >= 11 is 1.22. The zero-order chi connectivity index (χ0) is 15.4. The van der Waals surface area contributed by atoms with Gasteiger partial charge < -0.3 is 10.2 Å². The number of thioether (sulfide) groups is 1. The van der Waals surface area contributed by atoms with Crippen molar-refractivity contribution < 1.29 is 15.0 Å². The molecule has 0 aliphatic carbocycles. The van der Waals surface area contributed by atoms with E-state index >= 15 is 0 Å². The van der Waals surface area contributed by atoms with Crippen molar-refractivity contribution in [3.63, 3.8) is 0 Å². The van der Waals surface area contributed by atoms with Crippen molar-refractivity contribution in [1.29, 1.82) is 0 Å². The molecular weight excluding hydrogens is 288 g/mol. The lowest BCUT2D eigenvalue weighted by Gasteiger charge is -2.12. The van der Waals surface area contributed by atoms with Crippen LogP contribution < -0.4 is 0 Å². The lowest BCUT2D eigenvalue weighted by atomic mass is 10.1. The second-order valence-electron chi connectivity index (χ2n) is 4.58. The molecule has 0 aliphatic heterocycles. The summed E-state index contributed by atoms with van der Waals surface area (Å²) in [6.07, 6.45) is -0.673. The molecular formula is C15H16N2O3S. The quantitative estimate of drug-likeness (QED) is 0.652. The van der Waals surface area contributed by atoms with E-state index in [0.717, 1.165) is 5.56 Å². The summed E-state index contributed by atoms with van der Waals surface area (Å²) in [6.45, 7) is 3.37. The minimum Gasteiger partial charge on any atom is -0.478 e. The second-order valence-corrected chi connectivity index (χ2v) is 5.59. The lowest BCUT2D eigenvalue weighted by Crippen LogP contribution is -2.09. The Morgan fingerprint density at radius 1 is 1.24 bits per heavy atom. The molecule has 1 heterocycles. The SMILES string of the molecule is Cc1nc(C)c(C(=O)O)c(SCC(O)c2ccccc2)n1. The summed E-state index contributed by atoms with van der Waals surface area (Å²) in [5.74, 6) is -0.196. The largest absolute Gasteiger partial charge is 0.478 e. The molecule has 0 amide bonds. The first kappa shape index (κ1) is 15.5. The molecule has 5 nitrogen and oxygen atoms in total. The molecule has 0 saturated heterocycles. The van der Waals surface area contributed by atoms with Crippen LogP contribution in [0.25, 0.3) is 0 Å². The molecule has 21 heavy (non-hydrogen) atoms. The topological polar surface area (TPSA) is 83.3 Å². The fourth-order valence-corrected chi connectivity index (χ4v) is 3.05. The molecule has 0 radical (unpaired) electrons. The molecule has 1 aromatic carbocycles. The van der Waals surface area contributed by atoms with Crippen molar-refractivity contribution in [3.8, 4) is 0 Å². The molecule has 0 spiro atoms. The van der Waals surface area contributed by atoms with Crippen LogP contribution in [0, 0.1) is 13.8 Å². The lowest BCUT2D eigenvalue weighted by molar-refractivity contribution is 0.0690. The standard InChI is InChI=1S/C15H16N2O3S/c1-9-13(15(19)20)14(17-10(2)16-9)21-8-12(18)11-6-4-3-5-7-11/h3-7,12,18H,8H2,1-2H3,(H,19,20). The van der Waals surface area contributed by atoms with Crippen molar-refractivity contribution in [2.24, 2.45) is 0 Å². The Labute approximate surface area is 127 Å². The van der Waals surface area contributed by atoms with Gasteiger partial charge in [0.05, 0.1) is 11.8 Å². The van der Waals surface area contributed by atoms with Gasteiger partial charge in [0.25, 0.3) is 0 Å². The minimum absolute atomic E-state index is 0.103. The normalized spacial score (nSPS) is 12.1. The maximum atomic E-state index is 11.3. The number of carboxylic acids is 1. The van der Waals surface area contributed by atoms with E-state index in [1.54, 1.807) is 13.8 Å². The highest BCUT2D eigenvalue weighted by Gasteiger charge is 2.18. The third-order valence-corrected chi connectivity index (χ3v) is 4.00. The first-order chi connectivity index (χ1) is 9.99. The number of aryl methyl sites for hydroxylation is 2. The first-order valence-electron chi connectivity index (χ1n) is 6.43. The number of hydrogen-bond donors (Lipinski definition) is 2. The third kappa shape index (κ3) is 3.80. The molecule has 0 saturated carbocycles. The first-order valence-corrected chi connectivity index (χ1v) is 7.42. The minimum atomic E-state index is -1.05. The predicted octanol–water partition coefficient (Wildman–Crippen LogP) is 2.62.